The quantitative estimate of drug-likeness (QED) is 0.747. The third-order valence-corrected chi connectivity index (χ3v) is 3.63. The highest BCUT2D eigenvalue weighted by molar-refractivity contribution is 5.94. The first-order chi connectivity index (χ1) is 12.2. The number of benzene rings is 1. The summed E-state index contributed by atoms with van der Waals surface area (Å²) in [5, 5.41) is 2.69. The average Bonchev–Trinajstić information content (AvgIpc) is 2.65. The van der Waals surface area contributed by atoms with Gasteiger partial charge in [0.1, 0.15) is 5.69 Å². The van der Waals surface area contributed by atoms with Crippen LogP contribution in [0.2, 0.25) is 0 Å². The topological polar surface area (TPSA) is 64.1 Å². The molecule has 0 radical (unpaired) electrons. The van der Waals surface area contributed by atoms with Crippen molar-refractivity contribution in [1.29, 1.82) is 0 Å². The molecule has 0 aliphatic heterocycles. The van der Waals surface area contributed by atoms with E-state index in [0.717, 1.165) is 6.42 Å². The van der Waals surface area contributed by atoms with Crippen LogP contribution in [0.5, 0.6) is 5.75 Å². The SMILES string of the molecule is CCCOc1cccc(CNC(=O)c2ccc3ncccc3n2)c1F. The lowest BCUT2D eigenvalue weighted by molar-refractivity contribution is 0.0946. The van der Waals surface area contributed by atoms with Crippen molar-refractivity contribution in [3.8, 4) is 5.75 Å². The van der Waals surface area contributed by atoms with Gasteiger partial charge in [-0.05, 0) is 36.8 Å². The van der Waals surface area contributed by atoms with Gasteiger partial charge in [0.15, 0.2) is 11.6 Å². The lowest BCUT2D eigenvalue weighted by atomic mass is 10.2. The van der Waals surface area contributed by atoms with Crippen LogP contribution >= 0.6 is 0 Å². The summed E-state index contributed by atoms with van der Waals surface area (Å²) in [6, 6.07) is 11.8. The van der Waals surface area contributed by atoms with Crippen molar-refractivity contribution in [2.75, 3.05) is 6.61 Å². The van der Waals surface area contributed by atoms with Crippen molar-refractivity contribution < 1.29 is 13.9 Å². The molecule has 0 fully saturated rings. The summed E-state index contributed by atoms with van der Waals surface area (Å²) in [5.41, 5.74) is 1.98. The van der Waals surface area contributed by atoms with Gasteiger partial charge < -0.3 is 10.1 Å². The van der Waals surface area contributed by atoms with E-state index in [2.05, 4.69) is 15.3 Å². The third-order valence-electron chi connectivity index (χ3n) is 3.63. The highest BCUT2D eigenvalue weighted by Crippen LogP contribution is 2.20. The van der Waals surface area contributed by atoms with Crippen LogP contribution in [0.25, 0.3) is 11.0 Å². The summed E-state index contributed by atoms with van der Waals surface area (Å²) in [6.45, 7) is 2.45. The molecule has 1 amide bonds. The van der Waals surface area contributed by atoms with E-state index < -0.39 is 5.82 Å². The Morgan fingerprint density at radius 3 is 2.88 bits per heavy atom. The number of aromatic nitrogens is 2. The Kier molecular flexibility index (Phi) is 5.18. The van der Waals surface area contributed by atoms with E-state index in [-0.39, 0.29) is 23.9 Å². The van der Waals surface area contributed by atoms with Gasteiger partial charge in [-0.2, -0.15) is 0 Å². The van der Waals surface area contributed by atoms with Crippen molar-refractivity contribution >= 4 is 16.9 Å². The van der Waals surface area contributed by atoms with Crippen LogP contribution in [0.4, 0.5) is 4.39 Å². The molecule has 6 heteroatoms. The second-order valence-electron chi connectivity index (χ2n) is 5.50. The van der Waals surface area contributed by atoms with Crippen LogP contribution in [0.1, 0.15) is 29.4 Å². The predicted octanol–water partition coefficient (Wildman–Crippen LogP) is 3.49. The summed E-state index contributed by atoms with van der Waals surface area (Å²) in [6.07, 6.45) is 2.46. The van der Waals surface area contributed by atoms with E-state index in [0.29, 0.717) is 23.2 Å². The molecule has 3 aromatic rings. The van der Waals surface area contributed by atoms with Gasteiger partial charge in [0, 0.05) is 18.3 Å². The van der Waals surface area contributed by atoms with Crippen LogP contribution in [-0.4, -0.2) is 22.5 Å². The molecule has 2 aromatic heterocycles. The zero-order valence-electron chi connectivity index (χ0n) is 13.8. The molecule has 1 N–H and O–H groups in total. The number of ether oxygens (including phenoxy) is 1. The minimum Gasteiger partial charge on any atom is -0.491 e. The monoisotopic (exact) mass is 339 g/mol. The van der Waals surface area contributed by atoms with E-state index in [1.54, 1.807) is 48.7 Å². The minimum absolute atomic E-state index is 0.0563. The molecule has 0 saturated heterocycles. The highest BCUT2D eigenvalue weighted by Gasteiger charge is 2.12. The number of halogens is 1. The number of nitrogens with zero attached hydrogens (tertiary/aromatic N) is 2. The van der Waals surface area contributed by atoms with Gasteiger partial charge in [0.05, 0.1) is 17.6 Å². The Morgan fingerprint density at radius 1 is 1.16 bits per heavy atom. The third kappa shape index (κ3) is 3.91. The first-order valence-electron chi connectivity index (χ1n) is 8.09. The summed E-state index contributed by atoms with van der Waals surface area (Å²) >= 11 is 0. The Balaban J connectivity index is 1.71. The number of pyridine rings is 2. The number of carbonyl (C=O) groups is 1. The molecule has 0 aliphatic carbocycles. The van der Waals surface area contributed by atoms with Gasteiger partial charge in [0.2, 0.25) is 0 Å². The fraction of sp³-hybridized carbons (Fsp3) is 0.211. The second kappa shape index (κ2) is 7.70. The lowest BCUT2D eigenvalue weighted by Gasteiger charge is -2.10. The summed E-state index contributed by atoms with van der Waals surface area (Å²) < 4.78 is 19.7. The second-order valence-corrected chi connectivity index (χ2v) is 5.50. The van der Waals surface area contributed by atoms with Gasteiger partial charge in [-0.25, -0.2) is 9.37 Å². The van der Waals surface area contributed by atoms with Gasteiger partial charge >= 0.3 is 0 Å². The molecule has 0 saturated carbocycles. The number of fused-ring (bicyclic) bond motifs is 1. The molecule has 2 heterocycles. The minimum atomic E-state index is -0.452. The molecule has 0 aliphatic rings. The standard InChI is InChI=1S/C19H18FN3O2/c1-2-11-25-17-7-3-5-13(18(17)20)12-22-19(24)16-9-8-14-15(23-16)6-4-10-21-14/h3-10H,2,11-12H2,1H3,(H,22,24). The van der Waals surface area contributed by atoms with E-state index in [9.17, 15) is 9.18 Å². The summed E-state index contributed by atoms with van der Waals surface area (Å²) in [5.74, 6) is -0.625. The van der Waals surface area contributed by atoms with Crippen molar-refractivity contribution in [2.24, 2.45) is 0 Å². The normalized spacial score (nSPS) is 10.6. The molecule has 1 aromatic carbocycles. The predicted molar refractivity (Wildman–Crippen MR) is 92.9 cm³/mol. The fourth-order valence-electron chi connectivity index (χ4n) is 2.37. The first-order valence-corrected chi connectivity index (χ1v) is 8.09. The van der Waals surface area contributed by atoms with Crippen LogP contribution in [0, 0.1) is 5.82 Å². The first kappa shape index (κ1) is 16.8. The molecular formula is C19H18FN3O2. The molecule has 25 heavy (non-hydrogen) atoms. The van der Waals surface area contributed by atoms with E-state index in [4.69, 9.17) is 4.74 Å². The molecule has 0 spiro atoms. The number of nitrogens with one attached hydrogen (secondary N) is 1. The smallest absolute Gasteiger partial charge is 0.270 e. The molecule has 0 atom stereocenters. The largest absolute Gasteiger partial charge is 0.491 e. The van der Waals surface area contributed by atoms with Crippen LogP contribution in [-0.2, 0) is 6.54 Å². The number of hydrogen-bond donors (Lipinski definition) is 1. The van der Waals surface area contributed by atoms with E-state index in [1.807, 2.05) is 6.92 Å². The van der Waals surface area contributed by atoms with Gasteiger partial charge in [-0.15, -0.1) is 0 Å². The molecule has 3 rings (SSSR count). The van der Waals surface area contributed by atoms with Crippen molar-refractivity contribution in [1.82, 2.24) is 15.3 Å². The van der Waals surface area contributed by atoms with Gasteiger partial charge in [-0.1, -0.05) is 19.1 Å². The van der Waals surface area contributed by atoms with Gasteiger partial charge in [-0.3, -0.25) is 9.78 Å². The summed E-state index contributed by atoms with van der Waals surface area (Å²) in [7, 11) is 0. The zero-order chi connectivity index (χ0) is 17.6. The number of rotatable bonds is 6. The molecule has 5 nitrogen and oxygen atoms in total. The Labute approximate surface area is 144 Å². The number of amides is 1. The maximum atomic E-state index is 14.4. The molecular weight excluding hydrogens is 321 g/mol. The number of hydrogen-bond acceptors (Lipinski definition) is 4. The van der Waals surface area contributed by atoms with Gasteiger partial charge in [0.25, 0.3) is 5.91 Å². The molecule has 128 valence electrons. The van der Waals surface area contributed by atoms with Crippen molar-refractivity contribution in [3.63, 3.8) is 0 Å². The average molecular weight is 339 g/mol. The van der Waals surface area contributed by atoms with Crippen LogP contribution in [0.3, 0.4) is 0 Å². The Morgan fingerprint density at radius 2 is 2.04 bits per heavy atom. The molecule has 0 bridgehead atoms. The number of carbonyl (C=O) groups excluding carboxylic acids is 1. The van der Waals surface area contributed by atoms with Crippen molar-refractivity contribution in [2.45, 2.75) is 19.9 Å². The van der Waals surface area contributed by atoms with Crippen molar-refractivity contribution in [3.05, 3.63) is 65.7 Å². The Bertz CT molecular complexity index is 899. The zero-order valence-corrected chi connectivity index (χ0v) is 13.8. The van der Waals surface area contributed by atoms with E-state index in [1.165, 1.54) is 0 Å². The maximum Gasteiger partial charge on any atom is 0.270 e. The maximum absolute atomic E-state index is 14.4. The van der Waals surface area contributed by atoms with Crippen LogP contribution < -0.4 is 10.1 Å². The lowest BCUT2D eigenvalue weighted by Crippen LogP contribution is -2.24. The Hall–Kier alpha value is -3.02. The highest BCUT2D eigenvalue weighted by atomic mass is 19.1. The fourth-order valence-corrected chi connectivity index (χ4v) is 2.37. The van der Waals surface area contributed by atoms with Crippen LogP contribution in [0.15, 0.2) is 48.7 Å². The summed E-state index contributed by atoms with van der Waals surface area (Å²) in [4.78, 5) is 20.7. The molecule has 0 unspecified atom stereocenters. The van der Waals surface area contributed by atoms with E-state index >= 15 is 0 Å².